The Bertz CT molecular complexity index is 554. The second-order valence-corrected chi connectivity index (χ2v) is 8.54. The Labute approximate surface area is 136 Å². The lowest BCUT2D eigenvalue weighted by molar-refractivity contribution is 0.0301. The van der Waals surface area contributed by atoms with E-state index in [0.717, 1.165) is 21.7 Å². The van der Waals surface area contributed by atoms with Gasteiger partial charge in [0.1, 0.15) is 11.9 Å². The second kappa shape index (κ2) is 4.99. The van der Waals surface area contributed by atoms with Gasteiger partial charge in [0, 0.05) is 15.9 Å². The van der Waals surface area contributed by atoms with Crippen LogP contribution >= 0.6 is 15.9 Å². The third-order valence-corrected chi connectivity index (χ3v) is 7.14. The Morgan fingerprint density at radius 3 is 2.52 bits per heavy atom. The molecule has 0 aromatic heterocycles. The maximum Gasteiger partial charge on any atom is 0.120 e. The number of hydrogen-bond acceptors (Lipinski definition) is 2. The molecule has 21 heavy (non-hydrogen) atoms. The Morgan fingerprint density at radius 2 is 2.05 bits per heavy atom. The summed E-state index contributed by atoms with van der Waals surface area (Å²) < 4.78 is 7.44. The standard InChI is InChI=1S/C18H26BrNO/c1-11(20)14-6-5-13(10-15(14)19)21-16-9-12-7-8-18(16,4)17(12,2)3/h5-6,10-12,16H,7-9,20H2,1-4H3/t11-,12?,16?,18?/m0/s1. The highest BCUT2D eigenvalue weighted by atomic mass is 79.9. The van der Waals surface area contributed by atoms with E-state index in [1.54, 1.807) is 0 Å². The molecule has 3 heteroatoms. The van der Waals surface area contributed by atoms with Gasteiger partial charge < -0.3 is 10.5 Å². The van der Waals surface area contributed by atoms with E-state index < -0.39 is 0 Å². The van der Waals surface area contributed by atoms with Crippen LogP contribution in [0.2, 0.25) is 0 Å². The molecule has 0 spiro atoms. The molecule has 2 N–H and O–H groups in total. The molecule has 0 radical (unpaired) electrons. The molecule has 0 saturated heterocycles. The average molecular weight is 352 g/mol. The van der Waals surface area contributed by atoms with Crippen molar-refractivity contribution < 1.29 is 4.74 Å². The van der Waals surface area contributed by atoms with Gasteiger partial charge in [-0.15, -0.1) is 0 Å². The lowest BCUT2D eigenvalue weighted by Gasteiger charge is -2.39. The van der Waals surface area contributed by atoms with Crippen LogP contribution in [-0.2, 0) is 0 Å². The number of halogens is 1. The van der Waals surface area contributed by atoms with Gasteiger partial charge in [-0.05, 0) is 55.2 Å². The number of benzene rings is 1. The SMILES string of the molecule is C[C@H](N)c1ccc(OC2CC3CCC2(C)C3(C)C)cc1Br. The minimum Gasteiger partial charge on any atom is -0.490 e. The van der Waals surface area contributed by atoms with E-state index in [2.05, 4.69) is 54.9 Å². The van der Waals surface area contributed by atoms with Gasteiger partial charge in [-0.25, -0.2) is 0 Å². The maximum absolute atomic E-state index is 6.39. The number of ether oxygens (including phenoxy) is 1. The monoisotopic (exact) mass is 351 g/mol. The van der Waals surface area contributed by atoms with Crippen molar-refractivity contribution in [3.63, 3.8) is 0 Å². The summed E-state index contributed by atoms with van der Waals surface area (Å²) in [7, 11) is 0. The van der Waals surface area contributed by atoms with Crippen molar-refractivity contribution in [3.8, 4) is 5.75 Å². The van der Waals surface area contributed by atoms with Crippen molar-refractivity contribution in [1.82, 2.24) is 0 Å². The molecule has 2 aliphatic rings. The van der Waals surface area contributed by atoms with Crippen LogP contribution < -0.4 is 10.5 Å². The van der Waals surface area contributed by atoms with Crippen molar-refractivity contribution in [2.45, 2.75) is 59.1 Å². The van der Waals surface area contributed by atoms with Crippen LogP contribution in [0, 0.1) is 16.7 Å². The molecule has 116 valence electrons. The summed E-state index contributed by atoms with van der Waals surface area (Å²) in [4.78, 5) is 0. The van der Waals surface area contributed by atoms with Crippen LogP contribution in [0.15, 0.2) is 22.7 Å². The van der Waals surface area contributed by atoms with E-state index in [4.69, 9.17) is 10.5 Å². The molecule has 1 aromatic rings. The van der Waals surface area contributed by atoms with E-state index in [9.17, 15) is 0 Å². The first-order valence-corrected chi connectivity index (χ1v) is 8.76. The number of nitrogens with two attached hydrogens (primary N) is 1. The van der Waals surface area contributed by atoms with Crippen molar-refractivity contribution in [2.75, 3.05) is 0 Å². The predicted molar refractivity (Wildman–Crippen MR) is 90.4 cm³/mol. The molecule has 3 unspecified atom stereocenters. The molecular weight excluding hydrogens is 326 g/mol. The fraction of sp³-hybridized carbons (Fsp3) is 0.667. The number of hydrogen-bond donors (Lipinski definition) is 1. The van der Waals surface area contributed by atoms with E-state index in [1.165, 1.54) is 19.3 Å². The van der Waals surface area contributed by atoms with Gasteiger partial charge in [-0.1, -0.05) is 42.8 Å². The molecule has 2 aliphatic carbocycles. The molecule has 0 amide bonds. The van der Waals surface area contributed by atoms with Gasteiger partial charge in [-0.2, -0.15) is 0 Å². The Morgan fingerprint density at radius 1 is 1.33 bits per heavy atom. The van der Waals surface area contributed by atoms with Gasteiger partial charge in [0.05, 0.1) is 0 Å². The van der Waals surface area contributed by atoms with E-state index in [1.807, 2.05) is 6.92 Å². The summed E-state index contributed by atoms with van der Waals surface area (Å²) in [6.07, 6.45) is 4.17. The Kier molecular flexibility index (Phi) is 3.65. The molecule has 1 aromatic carbocycles. The first kappa shape index (κ1) is 15.4. The maximum atomic E-state index is 6.39. The van der Waals surface area contributed by atoms with Crippen molar-refractivity contribution in [1.29, 1.82) is 0 Å². The summed E-state index contributed by atoms with van der Waals surface area (Å²) in [5.41, 5.74) is 7.78. The third-order valence-electron chi connectivity index (χ3n) is 6.45. The van der Waals surface area contributed by atoms with Gasteiger partial charge in [0.25, 0.3) is 0 Å². The lowest BCUT2D eigenvalue weighted by atomic mass is 9.70. The molecule has 0 aliphatic heterocycles. The van der Waals surface area contributed by atoms with Crippen LogP contribution in [0.3, 0.4) is 0 Å². The molecular formula is C18H26BrNO. The van der Waals surface area contributed by atoms with Gasteiger partial charge >= 0.3 is 0 Å². The van der Waals surface area contributed by atoms with E-state index >= 15 is 0 Å². The predicted octanol–water partition coefficient (Wildman–Crippen LogP) is 5.06. The highest BCUT2D eigenvalue weighted by Gasteiger charge is 2.62. The topological polar surface area (TPSA) is 35.2 Å². The number of rotatable bonds is 3. The zero-order valence-electron chi connectivity index (χ0n) is 13.4. The van der Waals surface area contributed by atoms with E-state index in [-0.39, 0.29) is 6.04 Å². The van der Waals surface area contributed by atoms with Crippen LogP contribution in [-0.4, -0.2) is 6.10 Å². The molecule has 0 heterocycles. The van der Waals surface area contributed by atoms with Crippen molar-refractivity contribution in [2.24, 2.45) is 22.5 Å². The van der Waals surface area contributed by atoms with Gasteiger partial charge in [0.2, 0.25) is 0 Å². The normalized spacial score (nSPS) is 35.0. The fourth-order valence-corrected chi connectivity index (χ4v) is 5.14. The highest BCUT2D eigenvalue weighted by Crippen LogP contribution is 2.66. The summed E-state index contributed by atoms with van der Waals surface area (Å²) >= 11 is 3.61. The lowest BCUT2D eigenvalue weighted by Crippen LogP contribution is -2.38. The Balaban J connectivity index is 1.81. The van der Waals surface area contributed by atoms with Gasteiger partial charge in [-0.3, -0.25) is 0 Å². The second-order valence-electron chi connectivity index (χ2n) is 7.69. The van der Waals surface area contributed by atoms with E-state index in [0.29, 0.717) is 16.9 Å². The van der Waals surface area contributed by atoms with Crippen LogP contribution in [0.1, 0.15) is 58.6 Å². The minimum atomic E-state index is 0.0346. The van der Waals surface area contributed by atoms with Gasteiger partial charge in [0.15, 0.2) is 0 Å². The largest absolute Gasteiger partial charge is 0.490 e. The zero-order chi connectivity index (χ0) is 15.4. The van der Waals surface area contributed by atoms with Crippen molar-refractivity contribution in [3.05, 3.63) is 28.2 Å². The zero-order valence-corrected chi connectivity index (χ0v) is 15.0. The van der Waals surface area contributed by atoms with Crippen molar-refractivity contribution >= 4 is 15.9 Å². The molecule has 2 nitrogen and oxygen atoms in total. The number of fused-ring (bicyclic) bond motifs is 2. The molecule has 2 saturated carbocycles. The molecule has 2 fully saturated rings. The summed E-state index contributed by atoms with van der Waals surface area (Å²) in [5, 5.41) is 0. The summed E-state index contributed by atoms with van der Waals surface area (Å²) in [6, 6.07) is 6.24. The van der Waals surface area contributed by atoms with Crippen LogP contribution in [0.5, 0.6) is 5.75 Å². The average Bonchev–Trinajstić information content (AvgIpc) is 2.71. The summed E-state index contributed by atoms with van der Waals surface area (Å²) in [6.45, 7) is 9.25. The fourth-order valence-electron chi connectivity index (χ4n) is 4.42. The molecule has 4 atom stereocenters. The first-order chi connectivity index (χ1) is 9.75. The summed E-state index contributed by atoms with van der Waals surface area (Å²) in [5.74, 6) is 1.76. The minimum absolute atomic E-state index is 0.0346. The smallest absolute Gasteiger partial charge is 0.120 e. The van der Waals surface area contributed by atoms with Crippen LogP contribution in [0.25, 0.3) is 0 Å². The van der Waals surface area contributed by atoms with Crippen LogP contribution in [0.4, 0.5) is 0 Å². The first-order valence-electron chi connectivity index (χ1n) is 7.97. The molecule has 3 rings (SSSR count). The highest BCUT2D eigenvalue weighted by molar-refractivity contribution is 9.10. The Hall–Kier alpha value is -0.540. The quantitative estimate of drug-likeness (QED) is 0.825. The third kappa shape index (κ3) is 2.24. The molecule has 2 bridgehead atoms.